The Kier molecular flexibility index (Phi) is 6.00. The number of likely N-dealkylation sites (tertiary alicyclic amines) is 2. The minimum atomic E-state index is -3.64. The maximum absolute atomic E-state index is 12.6. The van der Waals surface area contributed by atoms with E-state index in [1.165, 1.54) is 6.07 Å². The lowest BCUT2D eigenvalue weighted by Gasteiger charge is -2.41. The zero-order valence-electron chi connectivity index (χ0n) is 17.4. The molecule has 0 spiro atoms. The van der Waals surface area contributed by atoms with Crippen LogP contribution in [0.15, 0.2) is 47.4 Å². The van der Waals surface area contributed by atoms with Gasteiger partial charge in [0.25, 0.3) is 0 Å². The molecule has 8 nitrogen and oxygen atoms in total. The zero-order valence-corrected chi connectivity index (χ0v) is 19.8. The van der Waals surface area contributed by atoms with Crippen LogP contribution < -0.4 is 5.14 Å². The molecule has 0 bridgehead atoms. The smallest absolute Gasteiger partial charge is 0.320 e. The Balaban J connectivity index is 1.42. The van der Waals surface area contributed by atoms with Crippen LogP contribution in [0.5, 0.6) is 0 Å². The average Bonchev–Trinajstić information content (AvgIpc) is 3.17. The lowest BCUT2D eigenvalue weighted by atomic mass is 9.90. The summed E-state index contributed by atoms with van der Waals surface area (Å²) < 4.78 is 47.3. The van der Waals surface area contributed by atoms with Gasteiger partial charge in [-0.05, 0) is 29.7 Å². The molecule has 1 atom stereocenters. The molecule has 2 fully saturated rings. The number of amides is 2. The molecule has 2 aliphatic heterocycles. The van der Waals surface area contributed by atoms with Crippen LogP contribution >= 0.6 is 11.6 Å². The number of hydrogen-bond acceptors (Lipinski definition) is 5. The summed E-state index contributed by atoms with van der Waals surface area (Å²) in [5.74, 6) is 0.171. The van der Waals surface area contributed by atoms with Crippen LogP contribution in [0.1, 0.15) is 17.9 Å². The summed E-state index contributed by atoms with van der Waals surface area (Å²) in [6, 6.07) is 12.3. The highest BCUT2D eigenvalue weighted by molar-refractivity contribution is 7.91. The van der Waals surface area contributed by atoms with E-state index in [0.717, 1.165) is 17.4 Å². The molecule has 0 unspecified atom stereocenters. The summed E-state index contributed by atoms with van der Waals surface area (Å²) in [4.78, 5) is 16.0. The number of benzene rings is 2. The third kappa shape index (κ3) is 4.63. The van der Waals surface area contributed by atoms with E-state index in [1.807, 2.05) is 24.3 Å². The molecule has 32 heavy (non-hydrogen) atoms. The molecule has 2 aliphatic rings. The largest absolute Gasteiger partial charge is 0.323 e. The Bertz CT molecular complexity index is 1260. The molecule has 2 aromatic rings. The number of urea groups is 1. The van der Waals surface area contributed by atoms with Crippen LogP contribution in [0.3, 0.4) is 0 Å². The number of hydrogen-bond donors (Lipinski definition) is 1. The van der Waals surface area contributed by atoms with Gasteiger partial charge in [0.1, 0.15) is 0 Å². The van der Waals surface area contributed by atoms with Crippen molar-refractivity contribution >= 4 is 37.5 Å². The molecule has 172 valence electrons. The molecule has 0 aliphatic carbocycles. The maximum atomic E-state index is 12.6. The summed E-state index contributed by atoms with van der Waals surface area (Å²) in [5, 5.41) is 4.87. The molecule has 2 N–H and O–H groups in total. The lowest BCUT2D eigenvalue weighted by Crippen LogP contribution is -2.53. The standard InChI is InChI=1S/C21H24ClN3O5S2/c1-31(27,28)20-10-17(22)6-7-19(20)15-4-2-14(3-5-15)16-11-25(12-16)21(26)24-9-8-18(13-24)32(23,29)30/h2-7,10,16,18H,8-9,11-13H2,1H3,(H2,23,29,30)/t18-/m0/s1. The number of nitrogens with zero attached hydrogens (tertiary/aromatic N) is 2. The number of halogens is 1. The van der Waals surface area contributed by atoms with Crippen molar-refractivity contribution in [2.45, 2.75) is 22.5 Å². The fourth-order valence-electron chi connectivity index (χ4n) is 4.19. The van der Waals surface area contributed by atoms with E-state index in [-0.39, 0.29) is 23.4 Å². The highest BCUT2D eigenvalue weighted by Crippen LogP contribution is 2.33. The lowest BCUT2D eigenvalue weighted by molar-refractivity contribution is 0.121. The van der Waals surface area contributed by atoms with Crippen LogP contribution in [0.2, 0.25) is 5.02 Å². The Morgan fingerprint density at radius 3 is 2.22 bits per heavy atom. The van der Waals surface area contributed by atoms with Gasteiger partial charge in [0.05, 0.1) is 10.1 Å². The van der Waals surface area contributed by atoms with Gasteiger partial charge in [-0.1, -0.05) is 41.9 Å². The normalized spacial score (nSPS) is 19.8. The summed E-state index contributed by atoms with van der Waals surface area (Å²) in [6.45, 7) is 1.62. The number of carbonyl (C=O) groups excluding carboxylic acids is 1. The van der Waals surface area contributed by atoms with Crippen LogP contribution in [0.4, 0.5) is 4.79 Å². The van der Waals surface area contributed by atoms with Gasteiger partial charge in [0.15, 0.2) is 9.84 Å². The molecule has 2 amide bonds. The molecule has 0 radical (unpaired) electrons. The second-order valence-corrected chi connectivity index (χ2v) is 12.6. The number of sulfone groups is 1. The Morgan fingerprint density at radius 1 is 1.00 bits per heavy atom. The first-order chi connectivity index (χ1) is 14.9. The van der Waals surface area contributed by atoms with Gasteiger partial charge in [-0.25, -0.2) is 26.8 Å². The fourth-order valence-corrected chi connectivity index (χ4v) is 6.18. The van der Waals surface area contributed by atoms with Crippen LogP contribution in [-0.4, -0.2) is 70.4 Å². The number of primary sulfonamides is 1. The zero-order chi connectivity index (χ0) is 23.3. The van der Waals surface area contributed by atoms with Gasteiger partial charge in [-0.2, -0.15) is 0 Å². The van der Waals surface area contributed by atoms with Gasteiger partial charge < -0.3 is 9.80 Å². The quantitative estimate of drug-likeness (QED) is 0.695. The van der Waals surface area contributed by atoms with Crippen LogP contribution in [0, 0.1) is 0 Å². The van der Waals surface area contributed by atoms with Crippen molar-refractivity contribution < 1.29 is 21.6 Å². The second kappa shape index (κ2) is 8.33. The third-order valence-corrected chi connectivity index (χ3v) is 8.75. The van der Waals surface area contributed by atoms with Crippen molar-refractivity contribution in [1.29, 1.82) is 0 Å². The van der Waals surface area contributed by atoms with Gasteiger partial charge in [0, 0.05) is 48.9 Å². The molecule has 0 saturated carbocycles. The number of rotatable bonds is 4. The average molecular weight is 498 g/mol. The van der Waals surface area contributed by atoms with Crippen LogP contribution in [-0.2, 0) is 19.9 Å². The number of carbonyl (C=O) groups is 1. The molecular formula is C21H24ClN3O5S2. The SMILES string of the molecule is CS(=O)(=O)c1cc(Cl)ccc1-c1ccc(C2CN(C(=O)N3CC[C@H](S(N)(=O)=O)C3)C2)cc1. The molecule has 2 heterocycles. The molecular weight excluding hydrogens is 474 g/mol. The predicted octanol–water partition coefficient (Wildman–Crippen LogP) is 2.29. The van der Waals surface area contributed by atoms with E-state index in [0.29, 0.717) is 36.6 Å². The van der Waals surface area contributed by atoms with Gasteiger partial charge >= 0.3 is 6.03 Å². The van der Waals surface area contributed by atoms with Gasteiger partial charge in [-0.15, -0.1) is 0 Å². The molecule has 11 heteroatoms. The first-order valence-electron chi connectivity index (χ1n) is 10.1. The van der Waals surface area contributed by atoms with Crippen molar-refractivity contribution in [1.82, 2.24) is 9.80 Å². The molecule has 4 rings (SSSR count). The summed E-state index contributed by atoms with van der Waals surface area (Å²) in [5.41, 5.74) is 2.41. The monoisotopic (exact) mass is 497 g/mol. The van der Waals surface area contributed by atoms with Crippen molar-refractivity contribution in [2.75, 3.05) is 32.4 Å². The van der Waals surface area contributed by atoms with Crippen molar-refractivity contribution in [3.63, 3.8) is 0 Å². The minimum absolute atomic E-state index is 0.136. The second-order valence-electron chi connectivity index (χ2n) is 8.36. The number of sulfonamides is 1. The first-order valence-corrected chi connectivity index (χ1v) is 14.0. The van der Waals surface area contributed by atoms with E-state index in [2.05, 4.69) is 0 Å². The minimum Gasteiger partial charge on any atom is -0.323 e. The highest BCUT2D eigenvalue weighted by Gasteiger charge is 2.39. The van der Waals surface area contributed by atoms with E-state index in [1.54, 1.807) is 21.9 Å². The molecule has 2 aromatic carbocycles. The van der Waals surface area contributed by atoms with E-state index in [9.17, 15) is 21.6 Å². The van der Waals surface area contributed by atoms with E-state index < -0.39 is 25.1 Å². The van der Waals surface area contributed by atoms with Crippen molar-refractivity contribution in [3.05, 3.63) is 53.1 Å². The van der Waals surface area contributed by atoms with Gasteiger partial charge in [0.2, 0.25) is 10.0 Å². The van der Waals surface area contributed by atoms with Gasteiger partial charge in [-0.3, -0.25) is 0 Å². The summed E-state index contributed by atoms with van der Waals surface area (Å²) in [7, 11) is -7.08. The van der Waals surface area contributed by atoms with E-state index in [4.69, 9.17) is 16.7 Å². The summed E-state index contributed by atoms with van der Waals surface area (Å²) in [6.07, 6.45) is 1.52. The highest BCUT2D eigenvalue weighted by atomic mass is 35.5. The van der Waals surface area contributed by atoms with Crippen LogP contribution in [0.25, 0.3) is 11.1 Å². The Labute approximate surface area is 192 Å². The van der Waals surface area contributed by atoms with E-state index >= 15 is 0 Å². The molecule has 2 saturated heterocycles. The topological polar surface area (TPSA) is 118 Å². The fraction of sp³-hybridized carbons (Fsp3) is 0.381. The third-order valence-electron chi connectivity index (χ3n) is 6.07. The maximum Gasteiger partial charge on any atom is 0.320 e. The molecule has 0 aromatic heterocycles. The Hall–Kier alpha value is -2.14. The first kappa shape index (κ1) is 23.0. The van der Waals surface area contributed by atoms with Crippen molar-refractivity contribution in [2.24, 2.45) is 5.14 Å². The number of nitrogens with two attached hydrogens (primary N) is 1. The summed E-state index contributed by atoms with van der Waals surface area (Å²) >= 11 is 5.98. The Morgan fingerprint density at radius 2 is 1.66 bits per heavy atom. The van der Waals surface area contributed by atoms with Crippen molar-refractivity contribution in [3.8, 4) is 11.1 Å². The predicted molar refractivity (Wildman–Crippen MR) is 123 cm³/mol.